The zero-order chi connectivity index (χ0) is 26.6. The zero-order valence-corrected chi connectivity index (χ0v) is 21.3. The summed E-state index contributed by atoms with van der Waals surface area (Å²) in [7, 11) is 0. The number of benzene rings is 3. The Balaban J connectivity index is 1.22. The normalized spacial score (nSPS) is 16.9. The number of hydroxylamine groups is 1. The third kappa shape index (κ3) is 5.28. The van der Waals surface area contributed by atoms with E-state index in [-0.39, 0.29) is 12.5 Å². The van der Waals surface area contributed by atoms with E-state index in [2.05, 4.69) is 41.0 Å². The van der Waals surface area contributed by atoms with Crippen LogP contribution in [0.2, 0.25) is 0 Å². The van der Waals surface area contributed by atoms with Gasteiger partial charge in [0.2, 0.25) is 0 Å². The summed E-state index contributed by atoms with van der Waals surface area (Å²) in [6.45, 7) is 3.44. The molecule has 2 heterocycles. The van der Waals surface area contributed by atoms with E-state index < -0.39 is 18.1 Å². The fraction of sp³-hybridized carbons (Fsp3) is 0.290. The van der Waals surface area contributed by atoms with E-state index in [1.165, 1.54) is 17.4 Å². The van der Waals surface area contributed by atoms with Crippen molar-refractivity contribution in [1.82, 2.24) is 10.4 Å². The van der Waals surface area contributed by atoms with E-state index in [0.29, 0.717) is 11.5 Å². The van der Waals surface area contributed by atoms with Gasteiger partial charge in [-0.25, -0.2) is 5.48 Å². The van der Waals surface area contributed by atoms with Gasteiger partial charge in [0.25, 0.3) is 11.8 Å². The number of nitrogens with zero attached hydrogens (tertiary/aromatic N) is 2. The van der Waals surface area contributed by atoms with E-state index in [1.54, 1.807) is 11.5 Å². The highest BCUT2D eigenvalue weighted by Crippen LogP contribution is 2.34. The van der Waals surface area contributed by atoms with Gasteiger partial charge >= 0.3 is 0 Å². The van der Waals surface area contributed by atoms with Crippen LogP contribution < -0.4 is 10.4 Å². The Labute approximate surface area is 222 Å². The van der Waals surface area contributed by atoms with Gasteiger partial charge in [-0.05, 0) is 79.3 Å². The van der Waals surface area contributed by atoms with Gasteiger partial charge in [0.05, 0.1) is 6.10 Å². The highest BCUT2D eigenvalue weighted by atomic mass is 16.5. The molecule has 1 unspecified atom stereocenters. The van der Waals surface area contributed by atoms with Crippen molar-refractivity contribution in [2.75, 3.05) is 18.0 Å². The first kappa shape index (κ1) is 25.5. The maximum absolute atomic E-state index is 12.9. The lowest BCUT2D eigenvalue weighted by atomic mass is 9.88. The van der Waals surface area contributed by atoms with Crippen molar-refractivity contribution in [1.29, 1.82) is 0 Å². The predicted molar refractivity (Wildman–Crippen MR) is 145 cm³/mol. The number of carbonyl (C=O) groups excluding carboxylic acids is 2. The molecule has 7 heteroatoms. The smallest absolute Gasteiger partial charge is 0.268 e. The van der Waals surface area contributed by atoms with Crippen LogP contribution in [-0.4, -0.2) is 52.3 Å². The van der Waals surface area contributed by atoms with Crippen LogP contribution in [0.4, 0.5) is 5.69 Å². The van der Waals surface area contributed by atoms with Gasteiger partial charge in [0.15, 0.2) is 0 Å². The molecule has 2 aliphatic rings. The fourth-order valence-corrected chi connectivity index (χ4v) is 5.41. The molecule has 5 rings (SSSR count). The van der Waals surface area contributed by atoms with Crippen LogP contribution in [-0.2, 0) is 11.3 Å². The summed E-state index contributed by atoms with van der Waals surface area (Å²) in [5.41, 5.74) is 7.29. The van der Waals surface area contributed by atoms with Gasteiger partial charge in [-0.3, -0.25) is 14.8 Å². The largest absolute Gasteiger partial charge is 0.391 e. The van der Waals surface area contributed by atoms with Crippen LogP contribution in [0.15, 0.2) is 72.8 Å². The third-order valence-corrected chi connectivity index (χ3v) is 7.46. The number of fused-ring (bicyclic) bond motifs is 1. The summed E-state index contributed by atoms with van der Waals surface area (Å²) in [6, 6.07) is 23.1. The predicted octanol–water partition coefficient (Wildman–Crippen LogP) is 3.68. The lowest BCUT2D eigenvalue weighted by molar-refractivity contribution is -0.137. The van der Waals surface area contributed by atoms with Crippen molar-refractivity contribution in [3.63, 3.8) is 0 Å². The molecule has 3 aromatic rings. The number of rotatable bonds is 5. The van der Waals surface area contributed by atoms with Crippen molar-refractivity contribution >= 4 is 17.5 Å². The number of anilines is 1. The van der Waals surface area contributed by atoms with Crippen molar-refractivity contribution in [3.8, 4) is 11.8 Å². The van der Waals surface area contributed by atoms with E-state index >= 15 is 0 Å². The highest BCUT2D eigenvalue weighted by Gasteiger charge is 2.39. The van der Waals surface area contributed by atoms with Gasteiger partial charge < -0.3 is 14.9 Å². The molecule has 2 amide bonds. The minimum Gasteiger partial charge on any atom is -0.391 e. The molecule has 1 fully saturated rings. The molecule has 0 aromatic heterocycles. The quantitative estimate of drug-likeness (QED) is 0.277. The van der Waals surface area contributed by atoms with Crippen LogP contribution in [0.1, 0.15) is 58.3 Å². The van der Waals surface area contributed by atoms with Crippen LogP contribution in [0.5, 0.6) is 0 Å². The molecule has 2 aliphatic heterocycles. The number of hydrogen-bond acceptors (Lipinski definition) is 5. The first-order chi connectivity index (χ1) is 18.4. The summed E-state index contributed by atoms with van der Waals surface area (Å²) in [6.07, 6.45) is 0.930. The Morgan fingerprint density at radius 1 is 0.974 bits per heavy atom. The molecule has 0 radical (unpaired) electrons. The van der Waals surface area contributed by atoms with Crippen molar-refractivity contribution in [2.45, 2.75) is 44.4 Å². The van der Waals surface area contributed by atoms with Crippen molar-refractivity contribution in [3.05, 3.63) is 101 Å². The van der Waals surface area contributed by atoms with Crippen molar-refractivity contribution in [2.24, 2.45) is 0 Å². The molecular formula is C31H31N3O4. The Bertz CT molecular complexity index is 1370. The van der Waals surface area contributed by atoms with Crippen LogP contribution in [0, 0.1) is 11.8 Å². The minimum absolute atomic E-state index is 0.209. The molecule has 3 aromatic carbocycles. The summed E-state index contributed by atoms with van der Waals surface area (Å²) < 4.78 is 0. The summed E-state index contributed by atoms with van der Waals surface area (Å²) in [5, 5.41) is 19.1. The Hall–Kier alpha value is -4.12. The zero-order valence-electron chi connectivity index (χ0n) is 21.3. The van der Waals surface area contributed by atoms with Crippen LogP contribution in [0.25, 0.3) is 0 Å². The van der Waals surface area contributed by atoms with Crippen LogP contribution >= 0.6 is 0 Å². The summed E-state index contributed by atoms with van der Waals surface area (Å²) in [4.78, 5) is 28.6. The molecule has 0 spiro atoms. The van der Waals surface area contributed by atoms with Crippen molar-refractivity contribution < 1.29 is 19.9 Å². The molecule has 194 valence electrons. The molecule has 0 bridgehead atoms. The van der Waals surface area contributed by atoms with Gasteiger partial charge in [0, 0.05) is 42.0 Å². The second-order valence-electron chi connectivity index (χ2n) is 9.94. The number of nitrogens with one attached hydrogen (secondary N) is 1. The molecule has 2 atom stereocenters. The van der Waals surface area contributed by atoms with Gasteiger partial charge in [-0.15, -0.1) is 0 Å². The molecule has 3 N–H and O–H groups in total. The number of amides is 2. The molecular weight excluding hydrogens is 478 g/mol. The molecule has 1 saturated heterocycles. The third-order valence-electron chi connectivity index (χ3n) is 7.46. The molecule has 38 heavy (non-hydrogen) atoms. The maximum Gasteiger partial charge on any atom is 0.268 e. The standard InChI is InChI=1S/C31H31N3O4/c1-21(35)29(30(36)32-38)34-20-26-19-27(13-14-28(26)31(34)37)33-17-15-25(16-18-33)24-11-9-23(10-12-24)8-7-22-5-3-2-4-6-22/h2-6,9-14,19,21,25,29,35,38H,15-18,20H2,1H3,(H,32,36)/t21-,29?/m1/s1. The van der Waals surface area contributed by atoms with Crippen LogP contribution in [0.3, 0.4) is 0 Å². The molecule has 7 nitrogen and oxygen atoms in total. The lowest BCUT2D eigenvalue weighted by Crippen LogP contribution is -2.52. The monoisotopic (exact) mass is 509 g/mol. The SMILES string of the molecule is C[C@@H](O)C(C(=O)NO)N1Cc2cc(N3CCC(c4ccc(C#Cc5ccccc5)cc4)CC3)ccc2C1=O. The first-order valence-corrected chi connectivity index (χ1v) is 12.9. The van der Waals surface area contributed by atoms with E-state index in [9.17, 15) is 14.7 Å². The fourth-order valence-electron chi connectivity index (χ4n) is 5.41. The second-order valence-corrected chi connectivity index (χ2v) is 9.94. The molecule has 0 aliphatic carbocycles. The molecule has 0 saturated carbocycles. The van der Waals surface area contributed by atoms with Gasteiger partial charge in [-0.2, -0.15) is 0 Å². The lowest BCUT2D eigenvalue weighted by Gasteiger charge is -2.34. The first-order valence-electron chi connectivity index (χ1n) is 12.9. The maximum atomic E-state index is 12.9. The average molecular weight is 510 g/mol. The Kier molecular flexibility index (Phi) is 7.45. The number of carbonyl (C=O) groups is 2. The number of piperidine rings is 1. The van der Waals surface area contributed by atoms with E-state index in [1.807, 2.05) is 42.5 Å². The Morgan fingerprint density at radius 2 is 1.63 bits per heavy atom. The Morgan fingerprint density at radius 3 is 2.26 bits per heavy atom. The number of hydrogen-bond donors (Lipinski definition) is 3. The highest BCUT2D eigenvalue weighted by molar-refractivity contribution is 6.01. The second kappa shape index (κ2) is 11.1. The minimum atomic E-state index is -1.16. The van der Waals surface area contributed by atoms with E-state index in [0.717, 1.165) is 48.3 Å². The average Bonchev–Trinajstić information content (AvgIpc) is 3.27. The van der Waals surface area contributed by atoms with E-state index in [4.69, 9.17) is 5.21 Å². The van der Waals surface area contributed by atoms with Gasteiger partial charge in [0.1, 0.15) is 6.04 Å². The topological polar surface area (TPSA) is 93.1 Å². The summed E-state index contributed by atoms with van der Waals surface area (Å²) in [5.74, 6) is 5.79. The number of aliphatic hydroxyl groups excluding tert-OH is 1. The van der Waals surface area contributed by atoms with Gasteiger partial charge in [-0.1, -0.05) is 42.2 Å². The summed E-state index contributed by atoms with van der Waals surface area (Å²) >= 11 is 0. The number of aliphatic hydroxyl groups is 1.